The molecule has 1 aliphatic rings. The minimum Gasteiger partial charge on any atom is -0.439 e. The molecule has 1 N–H and O–H groups in total. The van der Waals surface area contributed by atoms with E-state index in [0.29, 0.717) is 19.0 Å². The summed E-state index contributed by atoms with van der Waals surface area (Å²) in [7, 11) is 0. The molecule has 0 aromatic heterocycles. The third kappa shape index (κ3) is 6.46. The van der Waals surface area contributed by atoms with Crippen molar-refractivity contribution in [2.24, 2.45) is 5.92 Å². The van der Waals surface area contributed by atoms with E-state index < -0.39 is 6.09 Å². The predicted molar refractivity (Wildman–Crippen MR) is 85.3 cm³/mol. The van der Waals surface area contributed by atoms with Crippen LogP contribution in [-0.2, 0) is 9.53 Å². The molecule has 0 bridgehead atoms. The lowest BCUT2D eigenvalue weighted by Gasteiger charge is -2.29. The first-order valence-electron chi connectivity index (χ1n) is 6.65. The van der Waals surface area contributed by atoms with Gasteiger partial charge in [-0.25, -0.2) is 4.79 Å². The maximum atomic E-state index is 11.9. The van der Waals surface area contributed by atoms with Crippen molar-refractivity contribution in [3.8, 4) is 9.85 Å². The number of alkyl carbamates (subject to hydrolysis) is 1. The van der Waals surface area contributed by atoms with Crippen LogP contribution in [0.4, 0.5) is 4.79 Å². The second-order valence-electron chi connectivity index (χ2n) is 5.85. The van der Waals surface area contributed by atoms with E-state index in [-0.39, 0.29) is 18.1 Å². The molecular weight excluding hydrogens is 371 g/mol. The van der Waals surface area contributed by atoms with Crippen molar-refractivity contribution in [1.82, 2.24) is 10.2 Å². The summed E-state index contributed by atoms with van der Waals surface area (Å²) in [6, 6.07) is 0. The van der Waals surface area contributed by atoms with Crippen molar-refractivity contribution in [2.75, 3.05) is 19.7 Å². The Morgan fingerprint density at radius 2 is 1.95 bits per heavy atom. The van der Waals surface area contributed by atoms with Crippen LogP contribution in [0.3, 0.4) is 0 Å². The normalized spacial score (nSPS) is 16.1. The summed E-state index contributed by atoms with van der Waals surface area (Å²) in [4.78, 5) is 25.1. The highest BCUT2D eigenvalue weighted by molar-refractivity contribution is 14.1. The first-order chi connectivity index (χ1) is 9.31. The van der Waals surface area contributed by atoms with Crippen LogP contribution in [0.1, 0.15) is 33.6 Å². The van der Waals surface area contributed by atoms with Crippen LogP contribution in [0.25, 0.3) is 0 Å². The molecule has 0 aromatic rings. The van der Waals surface area contributed by atoms with Crippen LogP contribution in [0.2, 0.25) is 0 Å². The summed E-state index contributed by atoms with van der Waals surface area (Å²) in [5.41, 5.74) is -0.365. The number of likely N-dealkylation sites (tertiary alicyclic amines) is 1. The molecule has 1 fully saturated rings. The molecule has 0 spiro atoms. The molecule has 1 heterocycles. The summed E-state index contributed by atoms with van der Waals surface area (Å²) in [6.45, 7) is 6.72. The molecule has 0 aromatic carbocycles. The molecule has 5 nitrogen and oxygen atoms in total. The van der Waals surface area contributed by atoms with Gasteiger partial charge in [-0.1, -0.05) is 5.92 Å². The number of carbonyl (C=O) groups is 2. The number of hydrogen-bond acceptors (Lipinski definition) is 3. The molecule has 0 saturated carbocycles. The third-order valence-corrected chi connectivity index (χ3v) is 3.22. The molecule has 1 rings (SSSR count). The van der Waals surface area contributed by atoms with Crippen LogP contribution in [0.15, 0.2) is 0 Å². The molecule has 1 aliphatic heterocycles. The van der Waals surface area contributed by atoms with Crippen molar-refractivity contribution >= 4 is 34.6 Å². The predicted octanol–water partition coefficient (Wildman–Crippen LogP) is 2.15. The number of hydrogen-bond donors (Lipinski definition) is 1. The van der Waals surface area contributed by atoms with Gasteiger partial charge >= 0.3 is 6.09 Å². The maximum absolute atomic E-state index is 11.9. The molecule has 2 amide bonds. The van der Waals surface area contributed by atoms with E-state index in [1.807, 2.05) is 43.4 Å². The summed E-state index contributed by atoms with van der Waals surface area (Å²) in [5, 5.41) is 2.65. The fourth-order valence-corrected chi connectivity index (χ4v) is 2.35. The number of ether oxygens (including phenoxy) is 1. The first kappa shape index (κ1) is 17.1. The maximum Gasteiger partial charge on any atom is 0.408 e. The fraction of sp³-hybridized carbons (Fsp3) is 0.714. The van der Waals surface area contributed by atoms with Gasteiger partial charge in [-0.2, -0.15) is 0 Å². The van der Waals surface area contributed by atoms with Crippen LogP contribution in [-0.4, -0.2) is 42.1 Å². The lowest BCUT2D eigenvalue weighted by Crippen LogP contribution is -2.44. The Morgan fingerprint density at radius 3 is 2.45 bits per heavy atom. The van der Waals surface area contributed by atoms with Gasteiger partial charge in [-0.15, -0.1) is 0 Å². The summed E-state index contributed by atoms with van der Waals surface area (Å²) >= 11 is 2.03. The lowest BCUT2D eigenvalue weighted by molar-refractivity contribution is -0.135. The van der Waals surface area contributed by atoms with Crippen molar-refractivity contribution in [1.29, 1.82) is 0 Å². The van der Waals surface area contributed by atoms with Gasteiger partial charge in [0.1, 0.15) is 0 Å². The highest BCUT2D eigenvalue weighted by Gasteiger charge is 2.23. The van der Waals surface area contributed by atoms with Gasteiger partial charge in [0.15, 0.2) is 6.61 Å². The SMILES string of the molecule is CC(C)(C)NC(=O)OCC(=O)N1CCC(C#CI)CC1. The Kier molecular flexibility index (Phi) is 6.59. The number of nitrogens with one attached hydrogen (secondary N) is 1. The molecule has 0 radical (unpaired) electrons. The second-order valence-corrected chi connectivity index (χ2v) is 6.38. The highest BCUT2D eigenvalue weighted by atomic mass is 127. The first-order valence-corrected chi connectivity index (χ1v) is 7.73. The van der Waals surface area contributed by atoms with Crippen LogP contribution < -0.4 is 5.32 Å². The van der Waals surface area contributed by atoms with Gasteiger partial charge in [0.05, 0.1) is 0 Å². The Bertz CT molecular complexity index is 412. The van der Waals surface area contributed by atoms with Crippen LogP contribution in [0.5, 0.6) is 0 Å². The molecule has 0 unspecified atom stereocenters. The van der Waals surface area contributed by atoms with Crippen molar-refractivity contribution in [2.45, 2.75) is 39.2 Å². The van der Waals surface area contributed by atoms with Crippen molar-refractivity contribution in [3.63, 3.8) is 0 Å². The molecule has 0 aliphatic carbocycles. The van der Waals surface area contributed by atoms with Gasteiger partial charge in [-0.05, 0) is 37.5 Å². The number of carbonyl (C=O) groups excluding carboxylic acids is 2. The third-order valence-electron chi connectivity index (χ3n) is 2.91. The lowest BCUT2D eigenvalue weighted by atomic mass is 9.98. The van der Waals surface area contributed by atoms with Gasteiger partial charge < -0.3 is 15.0 Å². The molecule has 6 heteroatoms. The zero-order chi connectivity index (χ0) is 15.2. The summed E-state index contributed by atoms with van der Waals surface area (Å²) in [6.07, 6.45) is 1.21. The number of rotatable bonds is 2. The van der Waals surface area contributed by atoms with Gasteiger partial charge in [0.2, 0.25) is 0 Å². The Hall–Kier alpha value is -0.970. The number of nitrogens with zero attached hydrogens (tertiary/aromatic N) is 1. The van der Waals surface area contributed by atoms with Crippen molar-refractivity contribution in [3.05, 3.63) is 0 Å². The van der Waals surface area contributed by atoms with Crippen LogP contribution in [0, 0.1) is 15.8 Å². The van der Waals surface area contributed by atoms with Crippen LogP contribution >= 0.6 is 22.6 Å². The summed E-state index contributed by atoms with van der Waals surface area (Å²) in [5.74, 6) is 3.36. The Labute approximate surface area is 133 Å². The fourth-order valence-electron chi connectivity index (χ4n) is 1.91. The second kappa shape index (κ2) is 7.72. The topological polar surface area (TPSA) is 58.6 Å². The van der Waals surface area contributed by atoms with E-state index in [0.717, 1.165) is 12.8 Å². The van der Waals surface area contributed by atoms with E-state index in [9.17, 15) is 9.59 Å². The van der Waals surface area contributed by atoms with E-state index in [1.54, 1.807) is 4.90 Å². The van der Waals surface area contributed by atoms with Gasteiger partial charge in [0, 0.05) is 47.1 Å². The van der Waals surface area contributed by atoms with E-state index in [2.05, 4.69) is 15.2 Å². The molecule has 20 heavy (non-hydrogen) atoms. The van der Waals surface area contributed by atoms with E-state index in [1.165, 1.54) is 0 Å². The van der Waals surface area contributed by atoms with Crippen molar-refractivity contribution < 1.29 is 14.3 Å². The minimum atomic E-state index is -0.559. The largest absolute Gasteiger partial charge is 0.439 e. The molecule has 0 atom stereocenters. The van der Waals surface area contributed by atoms with Gasteiger partial charge in [0.25, 0.3) is 5.91 Å². The highest BCUT2D eigenvalue weighted by Crippen LogP contribution is 2.16. The molecular formula is C14H21IN2O3. The Morgan fingerprint density at radius 1 is 1.35 bits per heavy atom. The quantitative estimate of drug-likeness (QED) is 0.579. The zero-order valence-corrected chi connectivity index (χ0v) is 14.3. The van der Waals surface area contributed by atoms with E-state index >= 15 is 0 Å². The smallest absolute Gasteiger partial charge is 0.408 e. The average Bonchev–Trinajstić information content (AvgIpc) is 2.35. The molecule has 112 valence electrons. The monoisotopic (exact) mass is 392 g/mol. The zero-order valence-electron chi connectivity index (χ0n) is 12.2. The number of piperidine rings is 1. The number of halogens is 1. The Balaban J connectivity index is 2.30. The minimum absolute atomic E-state index is 0.144. The number of amides is 2. The average molecular weight is 392 g/mol. The van der Waals surface area contributed by atoms with Gasteiger partial charge in [-0.3, -0.25) is 4.79 Å². The molecule has 1 saturated heterocycles. The standard InChI is InChI=1S/C14H21IN2O3/c1-14(2,3)16-13(19)20-10-12(18)17-8-5-11(4-7-15)6-9-17/h11H,5-6,8-10H2,1-3H3,(H,16,19). The summed E-state index contributed by atoms with van der Waals surface area (Å²) < 4.78 is 7.82. The van der Waals surface area contributed by atoms with E-state index in [4.69, 9.17) is 4.74 Å².